The molecule has 0 amide bonds. The van der Waals surface area contributed by atoms with Crippen LogP contribution in [0.15, 0.2) is 28.7 Å². The van der Waals surface area contributed by atoms with Gasteiger partial charge in [-0.25, -0.2) is 0 Å². The molecule has 0 saturated heterocycles. The van der Waals surface area contributed by atoms with E-state index in [9.17, 15) is 0 Å². The van der Waals surface area contributed by atoms with Crippen molar-refractivity contribution in [2.75, 3.05) is 13.1 Å². The Morgan fingerprint density at radius 3 is 2.43 bits per heavy atom. The fraction of sp³-hybridized carbons (Fsp3) is 0.556. The molecule has 1 heterocycles. The van der Waals surface area contributed by atoms with Gasteiger partial charge in [0.15, 0.2) is 0 Å². The first kappa shape index (κ1) is 16.1. The Balaban J connectivity index is 2.44. The first-order valence-corrected chi connectivity index (χ1v) is 7.97. The minimum absolute atomic E-state index is 0.0920. The van der Waals surface area contributed by atoms with E-state index >= 15 is 0 Å². The van der Waals surface area contributed by atoms with Crippen LogP contribution in [0.2, 0.25) is 0 Å². The molecule has 0 fully saturated rings. The lowest BCUT2D eigenvalue weighted by atomic mass is 9.86. The molecule has 116 valence electrons. The second kappa shape index (κ2) is 6.20. The molecule has 0 aliphatic rings. The van der Waals surface area contributed by atoms with E-state index in [1.165, 1.54) is 0 Å². The summed E-state index contributed by atoms with van der Waals surface area (Å²) in [6.45, 7) is 12.9. The van der Waals surface area contributed by atoms with Crippen molar-refractivity contribution in [1.82, 2.24) is 4.90 Å². The molecule has 0 aliphatic heterocycles. The summed E-state index contributed by atoms with van der Waals surface area (Å²) in [6.07, 6.45) is 0.992. The number of nitrogens with zero attached hydrogens (tertiary/aromatic N) is 1. The van der Waals surface area contributed by atoms with Crippen LogP contribution in [0, 0.1) is 6.92 Å². The maximum atomic E-state index is 6.61. The molecule has 3 heteroatoms. The van der Waals surface area contributed by atoms with Crippen molar-refractivity contribution in [2.45, 2.75) is 52.6 Å². The van der Waals surface area contributed by atoms with Crippen LogP contribution >= 0.6 is 0 Å². The van der Waals surface area contributed by atoms with Crippen LogP contribution < -0.4 is 5.73 Å². The van der Waals surface area contributed by atoms with E-state index in [0.717, 1.165) is 41.8 Å². The van der Waals surface area contributed by atoms with Gasteiger partial charge in [0.25, 0.3) is 0 Å². The number of hydrogen-bond donors (Lipinski definition) is 1. The van der Waals surface area contributed by atoms with Crippen molar-refractivity contribution in [3.05, 3.63) is 35.6 Å². The quantitative estimate of drug-likeness (QED) is 0.864. The van der Waals surface area contributed by atoms with E-state index in [0.29, 0.717) is 0 Å². The second-order valence-electron chi connectivity index (χ2n) is 6.00. The van der Waals surface area contributed by atoms with Crippen LogP contribution in [0.4, 0.5) is 0 Å². The number of benzene rings is 1. The number of nitrogens with two attached hydrogens (primary N) is 1. The molecule has 2 N–H and O–H groups in total. The third kappa shape index (κ3) is 2.72. The molecular weight excluding hydrogens is 260 g/mol. The first-order chi connectivity index (χ1) is 9.97. The van der Waals surface area contributed by atoms with Crippen molar-refractivity contribution in [1.29, 1.82) is 0 Å². The minimum Gasteiger partial charge on any atom is -0.459 e. The Morgan fingerprint density at radius 2 is 1.90 bits per heavy atom. The number of furan rings is 1. The summed E-state index contributed by atoms with van der Waals surface area (Å²) in [5.74, 6) is 0.885. The van der Waals surface area contributed by atoms with Gasteiger partial charge in [0.2, 0.25) is 0 Å². The van der Waals surface area contributed by atoms with Crippen LogP contribution in [0.3, 0.4) is 0 Å². The van der Waals surface area contributed by atoms with Crippen molar-refractivity contribution < 1.29 is 4.42 Å². The van der Waals surface area contributed by atoms with E-state index < -0.39 is 0 Å². The number of fused-ring (bicyclic) bond motifs is 1. The van der Waals surface area contributed by atoms with Crippen LogP contribution in [-0.4, -0.2) is 23.5 Å². The maximum Gasteiger partial charge on any atom is 0.137 e. The van der Waals surface area contributed by atoms with Gasteiger partial charge in [-0.05, 0) is 45.0 Å². The zero-order valence-corrected chi connectivity index (χ0v) is 13.9. The standard InChI is InChI=1S/C18H28N2O/c1-6-18(5,20(7-2)8-3)17(19)15-12-14-11-9-10-13(4)16(14)21-15/h9-12,17H,6-8,19H2,1-5H3. The summed E-state index contributed by atoms with van der Waals surface area (Å²) < 4.78 is 6.10. The SMILES string of the molecule is CCN(CC)C(C)(CC)C(N)c1cc2cccc(C)c2o1. The number of aryl methyl sites for hydroxylation is 1. The molecule has 2 atom stereocenters. The van der Waals surface area contributed by atoms with Crippen LogP contribution in [0.25, 0.3) is 11.0 Å². The van der Waals surface area contributed by atoms with Crippen LogP contribution in [0.5, 0.6) is 0 Å². The van der Waals surface area contributed by atoms with Gasteiger partial charge in [-0.3, -0.25) is 4.90 Å². The Labute approximate surface area is 128 Å². The van der Waals surface area contributed by atoms with Gasteiger partial charge < -0.3 is 10.2 Å². The summed E-state index contributed by atoms with van der Waals surface area (Å²) in [5.41, 5.74) is 8.64. The Kier molecular flexibility index (Phi) is 4.74. The zero-order chi connectivity index (χ0) is 15.6. The fourth-order valence-corrected chi connectivity index (χ4v) is 3.27. The highest BCUT2D eigenvalue weighted by Crippen LogP contribution is 2.35. The Hall–Kier alpha value is -1.32. The number of hydrogen-bond acceptors (Lipinski definition) is 3. The third-order valence-electron chi connectivity index (χ3n) is 4.94. The second-order valence-corrected chi connectivity index (χ2v) is 6.00. The lowest BCUT2D eigenvalue weighted by molar-refractivity contribution is 0.0773. The number of rotatable bonds is 6. The number of para-hydroxylation sites is 1. The minimum atomic E-state index is -0.130. The molecule has 0 radical (unpaired) electrons. The molecular formula is C18H28N2O. The van der Waals surface area contributed by atoms with Gasteiger partial charge >= 0.3 is 0 Å². The lowest BCUT2D eigenvalue weighted by Crippen LogP contribution is -2.52. The van der Waals surface area contributed by atoms with Crippen LogP contribution in [-0.2, 0) is 0 Å². The van der Waals surface area contributed by atoms with Crippen LogP contribution in [0.1, 0.15) is 51.5 Å². The van der Waals surface area contributed by atoms with Gasteiger partial charge in [-0.1, -0.05) is 39.0 Å². The van der Waals surface area contributed by atoms with E-state index in [1.54, 1.807) is 0 Å². The maximum absolute atomic E-state index is 6.61. The summed E-state index contributed by atoms with van der Waals surface area (Å²) in [7, 11) is 0. The topological polar surface area (TPSA) is 42.4 Å². The van der Waals surface area contributed by atoms with E-state index in [1.807, 2.05) is 0 Å². The van der Waals surface area contributed by atoms with Crippen molar-refractivity contribution in [2.24, 2.45) is 5.73 Å². The lowest BCUT2D eigenvalue weighted by Gasteiger charge is -2.43. The molecule has 21 heavy (non-hydrogen) atoms. The summed E-state index contributed by atoms with van der Waals surface area (Å²) in [4.78, 5) is 2.43. The smallest absolute Gasteiger partial charge is 0.137 e. The summed E-state index contributed by atoms with van der Waals surface area (Å²) >= 11 is 0. The molecule has 3 nitrogen and oxygen atoms in total. The average Bonchev–Trinajstić information content (AvgIpc) is 2.92. The summed E-state index contributed by atoms with van der Waals surface area (Å²) in [5, 5.41) is 1.14. The largest absolute Gasteiger partial charge is 0.459 e. The Morgan fingerprint density at radius 1 is 1.24 bits per heavy atom. The third-order valence-corrected chi connectivity index (χ3v) is 4.94. The molecule has 2 rings (SSSR count). The van der Waals surface area contributed by atoms with Gasteiger partial charge in [0, 0.05) is 10.9 Å². The Bertz CT molecular complexity index is 600. The highest BCUT2D eigenvalue weighted by molar-refractivity contribution is 5.81. The first-order valence-electron chi connectivity index (χ1n) is 7.97. The molecule has 0 spiro atoms. The van der Waals surface area contributed by atoms with Gasteiger partial charge in [0.1, 0.15) is 11.3 Å². The van der Waals surface area contributed by atoms with Crippen molar-refractivity contribution in [3.63, 3.8) is 0 Å². The van der Waals surface area contributed by atoms with Gasteiger partial charge in [-0.2, -0.15) is 0 Å². The van der Waals surface area contributed by atoms with E-state index in [2.05, 4.69) is 63.8 Å². The highest BCUT2D eigenvalue weighted by Gasteiger charge is 2.37. The predicted molar refractivity (Wildman–Crippen MR) is 89.5 cm³/mol. The highest BCUT2D eigenvalue weighted by atomic mass is 16.3. The molecule has 2 unspecified atom stereocenters. The molecule has 2 aromatic rings. The van der Waals surface area contributed by atoms with Gasteiger partial charge in [-0.15, -0.1) is 0 Å². The summed E-state index contributed by atoms with van der Waals surface area (Å²) in [6, 6.07) is 8.19. The molecule has 0 saturated carbocycles. The molecule has 1 aromatic heterocycles. The van der Waals surface area contributed by atoms with Crippen molar-refractivity contribution in [3.8, 4) is 0 Å². The molecule has 0 bridgehead atoms. The fourth-order valence-electron chi connectivity index (χ4n) is 3.27. The monoisotopic (exact) mass is 288 g/mol. The number of likely N-dealkylation sites (N-methyl/N-ethyl adjacent to an activating group) is 1. The molecule has 1 aromatic carbocycles. The van der Waals surface area contributed by atoms with Gasteiger partial charge in [0.05, 0.1) is 6.04 Å². The van der Waals surface area contributed by atoms with E-state index in [4.69, 9.17) is 10.2 Å². The zero-order valence-electron chi connectivity index (χ0n) is 13.9. The van der Waals surface area contributed by atoms with Crippen molar-refractivity contribution >= 4 is 11.0 Å². The normalized spacial score (nSPS) is 16.3. The molecule has 0 aliphatic carbocycles. The van der Waals surface area contributed by atoms with E-state index in [-0.39, 0.29) is 11.6 Å². The predicted octanol–water partition coefficient (Wildman–Crippen LogP) is 4.25. The average molecular weight is 288 g/mol.